The van der Waals surface area contributed by atoms with Gasteiger partial charge < -0.3 is 10.3 Å². The van der Waals surface area contributed by atoms with Crippen molar-refractivity contribution in [3.05, 3.63) is 18.0 Å². The van der Waals surface area contributed by atoms with Crippen molar-refractivity contribution in [3.8, 4) is 0 Å². The molecule has 0 fully saturated rings. The molecule has 0 radical (unpaired) electrons. The summed E-state index contributed by atoms with van der Waals surface area (Å²) in [7, 11) is -1.56. The SMILES string of the molecule is CNCc1cc(S(=O)(=O)NCCC(C)SC)c[nH]1. The average Bonchev–Trinajstić information content (AvgIpc) is 2.78. The van der Waals surface area contributed by atoms with Crippen molar-refractivity contribution in [2.24, 2.45) is 0 Å². The zero-order valence-corrected chi connectivity index (χ0v) is 12.6. The lowest BCUT2D eigenvalue weighted by atomic mass is 10.3. The van der Waals surface area contributed by atoms with Gasteiger partial charge in [-0.3, -0.25) is 0 Å². The number of sulfonamides is 1. The zero-order valence-electron chi connectivity index (χ0n) is 11.0. The van der Waals surface area contributed by atoms with Crippen LogP contribution in [0.4, 0.5) is 0 Å². The fraction of sp³-hybridized carbons (Fsp3) is 0.636. The first-order chi connectivity index (χ1) is 8.49. The van der Waals surface area contributed by atoms with Crippen LogP contribution in [0.25, 0.3) is 0 Å². The summed E-state index contributed by atoms with van der Waals surface area (Å²) in [6, 6.07) is 1.65. The molecular weight excluding hydrogens is 270 g/mol. The molecule has 0 saturated carbocycles. The fourth-order valence-corrected chi connectivity index (χ4v) is 2.88. The first-order valence-corrected chi connectivity index (χ1v) is 8.61. The number of rotatable bonds is 8. The molecular formula is C11H21N3O2S2. The predicted molar refractivity (Wildman–Crippen MR) is 76.3 cm³/mol. The molecule has 1 heterocycles. The van der Waals surface area contributed by atoms with Gasteiger partial charge in [-0.25, -0.2) is 13.1 Å². The van der Waals surface area contributed by atoms with Gasteiger partial charge in [0.05, 0.1) is 4.90 Å². The summed E-state index contributed by atoms with van der Waals surface area (Å²) in [6.45, 7) is 3.18. The Morgan fingerprint density at radius 3 is 2.83 bits per heavy atom. The zero-order chi connectivity index (χ0) is 13.6. The lowest BCUT2D eigenvalue weighted by Crippen LogP contribution is -2.26. The van der Waals surface area contributed by atoms with E-state index in [1.54, 1.807) is 17.8 Å². The van der Waals surface area contributed by atoms with Gasteiger partial charge in [-0.15, -0.1) is 0 Å². The third-order valence-electron chi connectivity index (χ3n) is 2.64. The van der Waals surface area contributed by atoms with E-state index in [4.69, 9.17) is 0 Å². The molecule has 0 aliphatic rings. The molecule has 1 rings (SSSR count). The lowest BCUT2D eigenvalue weighted by Gasteiger charge is -2.08. The van der Waals surface area contributed by atoms with Crippen LogP contribution in [0.5, 0.6) is 0 Å². The first kappa shape index (κ1) is 15.6. The minimum Gasteiger partial charge on any atom is -0.363 e. The standard InChI is InChI=1S/C11H21N3O2S2/c1-9(17-3)4-5-14-18(15,16)11-6-10(7-12-2)13-8-11/h6,8-9,12-14H,4-5,7H2,1-3H3. The van der Waals surface area contributed by atoms with Gasteiger partial charge in [0, 0.05) is 30.2 Å². The number of nitrogens with one attached hydrogen (secondary N) is 3. The molecule has 5 nitrogen and oxygen atoms in total. The Morgan fingerprint density at radius 2 is 2.22 bits per heavy atom. The molecule has 1 atom stereocenters. The number of thioether (sulfide) groups is 1. The quantitative estimate of drug-likeness (QED) is 0.672. The van der Waals surface area contributed by atoms with Crippen LogP contribution in [0.3, 0.4) is 0 Å². The van der Waals surface area contributed by atoms with E-state index >= 15 is 0 Å². The number of hydrogen-bond acceptors (Lipinski definition) is 4. The van der Waals surface area contributed by atoms with Crippen LogP contribution in [-0.4, -0.2) is 38.5 Å². The summed E-state index contributed by atoms with van der Waals surface area (Å²) in [5.41, 5.74) is 0.857. The molecule has 7 heteroatoms. The van der Waals surface area contributed by atoms with E-state index in [0.29, 0.717) is 23.2 Å². The van der Waals surface area contributed by atoms with Gasteiger partial charge in [-0.05, 0) is 25.8 Å². The predicted octanol–water partition coefficient (Wildman–Crippen LogP) is 1.15. The largest absolute Gasteiger partial charge is 0.363 e. The summed E-state index contributed by atoms with van der Waals surface area (Å²) < 4.78 is 26.5. The highest BCUT2D eigenvalue weighted by atomic mass is 32.2. The van der Waals surface area contributed by atoms with E-state index in [2.05, 4.69) is 21.9 Å². The van der Waals surface area contributed by atoms with E-state index in [-0.39, 0.29) is 0 Å². The summed E-state index contributed by atoms with van der Waals surface area (Å²) in [4.78, 5) is 3.23. The smallest absolute Gasteiger partial charge is 0.242 e. The molecule has 0 saturated heterocycles. The molecule has 0 bridgehead atoms. The molecule has 1 aromatic rings. The van der Waals surface area contributed by atoms with E-state index < -0.39 is 10.0 Å². The molecule has 3 N–H and O–H groups in total. The molecule has 0 spiro atoms. The maximum Gasteiger partial charge on any atom is 0.242 e. The van der Waals surface area contributed by atoms with E-state index in [0.717, 1.165) is 12.1 Å². The van der Waals surface area contributed by atoms with Crippen molar-refractivity contribution in [1.29, 1.82) is 0 Å². The summed E-state index contributed by atoms with van der Waals surface area (Å²) in [5, 5.41) is 3.42. The van der Waals surface area contributed by atoms with Crippen molar-refractivity contribution in [1.82, 2.24) is 15.0 Å². The molecule has 1 unspecified atom stereocenters. The third kappa shape index (κ3) is 4.64. The third-order valence-corrected chi connectivity index (χ3v) is 5.12. The van der Waals surface area contributed by atoms with Crippen molar-refractivity contribution in [2.45, 2.75) is 30.0 Å². The molecule has 0 amide bonds. The van der Waals surface area contributed by atoms with Gasteiger partial charge >= 0.3 is 0 Å². The number of H-pyrrole nitrogens is 1. The minimum absolute atomic E-state index is 0.296. The van der Waals surface area contributed by atoms with Gasteiger partial charge in [0.2, 0.25) is 10.0 Å². The van der Waals surface area contributed by atoms with Crippen molar-refractivity contribution in [2.75, 3.05) is 19.8 Å². The summed E-state index contributed by atoms with van der Waals surface area (Å²) >= 11 is 1.73. The average molecular weight is 291 g/mol. The maximum absolute atomic E-state index is 12.0. The second kappa shape index (κ2) is 7.18. The summed E-state index contributed by atoms with van der Waals surface area (Å²) in [5.74, 6) is 0. The van der Waals surface area contributed by atoms with Gasteiger partial charge in [-0.2, -0.15) is 11.8 Å². The van der Waals surface area contributed by atoms with Crippen LogP contribution in [0.1, 0.15) is 19.0 Å². The van der Waals surface area contributed by atoms with E-state index in [1.807, 2.05) is 13.3 Å². The van der Waals surface area contributed by atoms with Crippen LogP contribution in [-0.2, 0) is 16.6 Å². The maximum atomic E-state index is 12.0. The Bertz CT molecular complexity index is 457. The fourth-order valence-electron chi connectivity index (χ4n) is 1.46. The molecule has 0 aromatic carbocycles. The van der Waals surface area contributed by atoms with Crippen LogP contribution in [0, 0.1) is 0 Å². The normalized spacial score (nSPS) is 13.7. The van der Waals surface area contributed by atoms with Crippen LogP contribution >= 0.6 is 11.8 Å². The second-order valence-electron chi connectivity index (χ2n) is 4.12. The van der Waals surface area contributed by atoms with Gasteiger partial charge in [-0.1, -0.05) is 6.92 Å². The molecule has 18 heavy (non-hydrogen) atoms. The molecule has 1 aromatic heterocycles. The van der Waals surface area contributed by atoms with Crippen molar-refractivity contribution in [3.63, 3.8) is 0 Å². The Morgan fingerprint density at radius 1 is 1.50 bits per heavy atom. The van der Waals surface area contributed by atoms with Crippen LogP contribution in [0.2, 0.25) is 0 Å². The first-order valence-electron chi connectivity index (χ1n) is 5.84. The molecule has 104 valence electrons. The summed E-state index contributed by atoms with van der Waals surface area (Å²) in [6.07, 6.45) is 4.37. The Kier molecular flexibility index (Phi) is 6.20. The Hall–Kier alpha value is -0.500. The van der Waals surface area contributed by atoms with Gasteiger partial charge in [0.1, 0.15) is 0 Å². The molecule has 0 aliphatic carbocycles. The van der Waals surface area contributed by atoms with E-state index in [9.17, 15) is 8.42 Å². The van der Waals surface area contributed by atoms with Crippen LogP contribution in [0.15, 0.2) is 17.2 Å². The highest BCUT2D eigenvalue weighted by Gasteiger charge is 2.15. The molecule has 0 aliphatic heterocycles. The lowest BCUT2D eigenvalue weighted by molar-refractivity contribution is 0.579. The topological polar surface area (TPSA) is 74.0 Å². The van der Waals surface area contributed by atoms with Crippen molar-refractivity contribution < 1.29 is 8.42 Å². The van der Waals surface area contributed by atoms with Crippen molar-refractivity contribution >= 4 is 21.8 Å². The number of aromatic nitrogens is 1. The van der Waals surface area contributed by atoms with Gasteiger partial charge in [0.15, 0.2) is 0 Å². The number of aromatic amines is 1. The van der Waals surface area contributed by atoms with Gasteiger partial charge in [0.25, 0.3) is 0 Å². The second-order valence-corrected chi connectivity index (χ2v) is 7.17. The Balaban J connectivity index is 2.56. The Labute approximate surface area is 113 Å². The monoisotopic (exact) mass is 291 g/mol. The van der Waals surface area contributed by atoms with E-state index in [1.165, 1.54) is 6.20 Å². The number of hydrogen-bond donors (Lipinski definition) is 3. The highest BCUT2D eigenvalue weighted by molar-refractivity contribution is 7.99. The minimum atomic E-state index is -3.38. The van der Waals surface area contributed by atoms with Crippen LogP contribution < -0.4 is 10.0 Å². The highest BCUT2D eigenvalue weighted by Crippen LogP contribution is 2.12.